The molecule has 1 aliphatic heterocycles. The van der Waals surface area contributed by atoms with Crippen molar-refractivity contribution >= 4 is 0 Å². The Morgan fingerprint density at radius 2 is 2.11 bits per heavy atom. The molecule has 1 saturated heterocycles. The maximum absolute atomic E-state index is 5.99. The quantitative estimate of drug-likeness (QED) is 0.881. The molecule has 0 radical (unpaired) electrons. The molecule has 0 amide bonds. The molecule has 0 bridgehead atoms. The van der Waals surface area contributed by atoms with Gasteiger partial charge in [-0.2, -0.15) is 0 Å². The Morgan fingerprint density at radius 1 is 1.37 bits per heavy atom. The average Bonchev–Trinajstić information content (AvgIpc) is 2.41. The number of hydrogen-bond donors (Lipinski definition) is 1. The minimum Gasteiger partial charge on any atom is -0.374 e. The number of ether oxygens (including phenoxy) is 1. The lowest BCUT2D eigenvalue weighted by molar-refractivity contribution is -0.0392. The Morgan fingerprint density at radius 3 is 2.74 bits per heavy atom. The van der Waals surface area contributed by atoms with Gasteiger partial charge in [-0.05, 0) is 32.5 Å². The van der Waals surface area contributed by atoms with Crippen molar-refractivity contribution in [2.45, 2.75) is 32.4 Å². The summed E-state index contributed by atoms with van der Waals surface area (Å²) >= 11 is 0. The second kappa shape index (κ2) is 7.04. The lowest BCUT2D eigenvalue weighted by atomic mass is 9.99. The molecule has 2 atom stereocenters. The molecular weight excluding hydrogens is 236 g/mol. The highest BCUT2D eigenvalue weighted by Gasteiger charge is 2.27. The van der Waals surface area contributed by atoms with Crippen LogP contribution in [0.2, 0.25) is 0 Å². The zero-order valence-electron chi connectivity index (χ0n) is 12.4. The number of aryl methyl sites for hydroxylation is 1. The molecule has 0 saturated carbocycles. The van der Waals surface area contributed by atoms with E-state index in [0.717, 1.165) is 32.7 Å². The van der Waals surface area contributed by atoms with E-state index in [1.165, 1.54) is 11.1 Å². The van der Waals surface area contributed by atoms with Gasteiger partial charge >= 0.3 is 0 Å². The lowest BCUT2D eigenvalue weighted by Gasteiger charge is -2.36. The van der Waals surface area contributed by atoms with Crippen LogP contribution in [-0.4, -0.2) is 44.3 Å². The molecule has 0 spiro atoms. The van der Waals surface area contributed by atoms with E-state index in [2.05, 4.69) is 55.4 Å². The minimum absolute atomic E-state index is 0.244. The van der Waals surface area contributed by atoms with E-state index in [0.29, 0.717) is 6.04 Å². The first-order valence-electron chi connectivity index (χ1n) is 7.31. The van der Waals surface area contributed by atoms with Crippen LogP contribution < -0.4 is 5.32 Å². The zero-order chi connectivity index (χ0) is 13.7. The van der Waals surface area contributed by atoms with Crippen LogP contribution in [0.1, 0.15) is 30.5 Å². The van der Waals surface area contributed by atoms with Crippen molar-refractivity contribution in [1.82, 2.24) is 10.2 Å². The summed E-state index contributed by atoms with van der Waals surface area (Å²) in [5.41, 5.74) is 2.64. The second-order valence-electron chi connectivity index (χ2n) is 5.51. The molecule has 2 unspecified atom stereocenters. The van der Waals surface area contributed by atoms with Crippen LogP contribution >= 0.6 is 0 Å². The number of rotatable bonds is 5. The van der Waals surface area contributed by atoms with Gasteiger partial charge in [0, 0.05) is 13.1 Å². The third kappa shape index (κ3) is 4.03. The smallest absolute Gasteiger partial charge is 0.0896 e. The summed E-state index contributed by atoms with van der Waals surface area (Å²) in [7, 11) is 2.17. The van der Waals surface area contributed by atoms with E-state index in [9.17, 15) is 0 Å². The van der Waals surface area contributed by atoms with Gasteiger partial charge in [0.25, 0.3) is 0 Å². The lowest BCUT2D eigenvalue weighted by Crippen LogP contribution is -2.46. The summed E-state index contributed by atoms with van der Waals surface area (Å²) in [6, 6.07) is 9.11. The molecular formula is C16H26N2O. The van der Waals surface area contributed by atoms with Crippen molar-refractivity contribution < 1.29 is 4.74 Å². The Hall–Kier alpha value is -0.900. The predicted molar refractivity (Wildman–Crippen MR) is 79.5 cm³/mol. The first-order chi connectivity index (χ1) is 9.20. The number of likely N-dealkylation sites (N-methyl/N-ethyl adjacent to an activating group) is 1. The molecule has 1 fully saturated rings. The van der Waals surface area contributed by atoms with E-state index >= 15 is 0 Å². The van der Waals surface area contributed by atoms with E-state index in [4.69, 9.17) is 4.74 Å². The van der Waals surface area contributed by atoms with Crippen LogP contribution in [0.4, 0.5) is 0 Å². The van der Waals surface area contributed by atoms with Gasteiger partial charge in [-0.3, -0.25) is 0 Å². The number of benzene rings is 1. The van der Waals surface area contributed by atoms with Crippen LogP contribution in [0, 0.1) is 6.92 Å². The van der Waals surface area contributed by atoms with E-state index in [-0.39, 0.29) is 6.10 Å². The van der Waals surface area contributed by atoms with Gasteiger partial charge in [-0.1, -0.05) is 36.8 Å². The highest BCUT2D eigenvalue weighted by Crippen LogP contribution is 2.22. The van der Waals surface area contributed by atoms with E-state index in [1.54, 1.807) is 0 Å². The fourth-order valence-electron chi connectivity index (χ4n) is 2.55. The molecule has 0 aromatic heterocycles. The van der Waals surface area contributed by atoms with E-state index < -0.39 is 0 Å². The summed E-state index contributed by atoms with van der Waals surface area (Å²) in [6.07, 6.45) is 1.39. The van der Waals surface area contributed by atoms with Crippen LogP contribution in [0.15, 0.2) is 24.3 Å². The average molecular weight is 262 g/mol. The van der Waals surface area contributed by atoms with Crippen molar-refractivity contribution in [2.24, 2.45) is 0 Å². The third-order valence-corrected chi connectivity index (χ3v) is 3.72. The highest BCUT2D eigenvalue weighted by molar-refractivity contribution is 5.25. The summed E-state index contributed by atoms with van der Waals surface area (Å²) in [4.78, 5) is 2.35. The van der Waals surface area contributed by atoms with Crippen LogP contribution in [0.5, 0.6) is 0 Å². The van der Waals surface area contributed by atoms with Crippen LogP contribution in [0.3, 0.4) is 0 Å². The molecule has 106 valence electrons. The van der Waals surface area contributed by atoms with Gasteiger partial charge in [0.15, 0.2) is 0 Å². The SMILES string of the molecule is CCCNC(c1ccc(C)cc1)C1CN(C)CCO1. The molecule has 1 aromatic rings. The Kier molecular flexibility index (Phi) is 5.37. The Labute approximate surface area is 116 Å². The number of nitrogens with one attached hydrogen (secondary N) is 1. The molecule has 19 heavy (non-hydrogen) atoms. The molecule has 1 N–H and O–H groups in total. The van der Waals surface area contributed by atoms with Gasteiger partial charge in [0.1, 0.15) is 0 Å². The number of nitrogens with zero attached hydrogens (tertiary/aromatic N) is 1. The number of hydrogen-bond acceptors (Lipinski definition) is 3. The fraction of sp³-hybridized carbons (Fsp3) is 0.625. The first-order valence-corrected chi connectivity index (χ1v) is 7.31. The van der Waals surface area contributed by atoms with Gasteiger partial charge in [-0.25, -0.2) is 0 Å². The topological polar surface area (TPSA) is 24.5 Å². The van der Waals surface area contributed by atoms with Gasteiger partial charge in [-0.15, -0.1) is 0 Å². The van der Waals surface area contributed by atoms with Crippen molar-refractivity contribution in [2.75, 3.05) is 33.3 Å². The molecule has 3 nitrogen and oxygen atoms in total. The van der Waals surface area contributed by atoms with Gasteiger partial charge in [0.05, 0.1) is 18.8 Å². The molecule has 1 aliphatic rings. The standard InChI is InChI=1S/C16H26N2O/c1-4-9-17-16(14-7-5-13(2)6-8-14)15-12-18(3)10-11-19-15/h5-8,15-17H,4,9-12H2,1-3H3. The molecule has 0 aliphatic carbocycles. The summed E-state index contributed by atoms with van der Waals surface area (Å²) in [5.74, 6) is 0. The molecule has 3 heteroatoms. The van der Waals surface area contributed by atoms with Crippen LogP contribution in [0.25, 0.3) is 0 Å². The van der Waals surface area contributed by atoms with Crippen molar-refractivity contribution in [3.8, 4) is 0 Å². The zero-order valence-corrected chi connectivity index (χ0v) is 12.4. The highest BCUT2D eigenvalue weighted by atomic mass is 16.5. The monoisotopic (exact) mass is 262 g/mol. The second-order valence-corrected chi connectivity index (χ2v) is 5.51. The largest absolute Gasteiger partial charge is 0.374 e. The van der Waals surface area contributed by atoms with Gasteiger partial charge in [0.2, 0.25) is 0 Å². The normalized spacial score (nSPS) is 22.4. The van der Waals surface area contributed by atoms with Crippen molar-refractivity contribution in [3.05, 3.63) is 35.4 Å². The first kappa shape index (κ1) is 14.5. The molecule has 1 aromatic carbocycles. The molecule has 2 rings (SSSR count). The Bertz CT molecular complexity index is 377. The molecule has 1 heterocycles. The summed E-state index contributed by atoms with van der Waals surface area (Å²) in [5, 5.41) is 3.64. The van der Waals surface area contributed by atoms with Crippen molar-refractivity contribution in [1.29, 1.82) is 0 Å². The number of morpholine rings is 1. The van der Waals surface area contributed by atoms with Crippen molar-refractivity contribution in [3.63, 3.8) is 0 Å². The Balaban J connectivity index is 2.12. The minimum atomic E-state index is 0.244. The summed E-state index contributed by atoms with van der Waals surface area (Å²) < 4.78 is 5.99. The van der Waals surface area contributed by atoms with Gasteiger partial charge < -0.3 is 15.0 Å². The predicted octanol–water partition coefficient (Wildman–Crippen LogP) is 2.37. The fourth-order valence-corrected chi connectivity index (χ4v) is 2.55. The third-order valence-electron chi connectivity index (χ3n) is 3.72. The van der Waals surface area contributed by atoms with E-state index in [1.807, 2.05) is 0 Å². The maximum atomic E-state index is 5.99. The maximum Gasteiger partial charge on any atom is 0.0896 e. The van der Waals surface area contributed by atoms with Crippen LogP contribution in [-0.2, 0) is 4.74 Å². The summed E-state index contributed by atoms with van der Waals surface area (Å²) in [6.45, 7) is 8.22.